The molecule has 20 heavy (non-hydrogen) atoms. The molecule has 1 rings (SSSR count). The molecule has 5 nitrogen and oxygen atoms in total. The van der Waals surface area contributed by atoms with Gasteiger partial charge in [-0.25, -0.2) is 9.18 Å². The fourth-order valence-corrected chi connectivity index (χ4v) is 1.58. The molecule has 0 aromatic heterocycles. The van der Waals surface area contributed by atoms with Crippen LogP contribution in [0.1, 0.15) is 31.9 Å². The summed E-state index contributed by atoms with van der Waals surface area (Å²) in [6.07, 6.45) is -0.911. The zero-order chi connectivity index (χ0) is 15.3. The summed E-state index contributed by atoms with van der Waals surface area (Å²) in [5.74, 6) is -1.57. The van der Waals surface area contributed by atoms with Crippen molar-refractivity contribution >= 4 is 12.1 Å². The molecule has 0 aliphatic carbocycles. The lowest BCUT2D eigenvalue weighted by Gasteiger charge is -2.20. The molecule has 0 saturated heterocycles. The monoisotopic (exact) mass is 283 g/mol. The van der Waals surface area contributed by atoms with Gasteiger partial charge in [0.2, 0.25) is 0 Å². The third-order valence-corrected chi connectivity index (χ3v) is 2.33. The van der Waals surface area contributed by atoms with Crippen LogP contribution in [0.15, 0.2) is 18.2 Å². The Hall–Kier alpha value is -2.11. The van der Waals surface area contributed by atoms with E-state index >= 15 is 0 Å². The molecule has 0 spiro atoms. The number of ether oxygens (including phenoxy) is 1. The van der Waals surface area contributed by atoms with Crippen molar-refractivity contribution in [2.75, 3.05) is 0 Å². The molecule has 1 aromatic rings. The van der Waals surface area contributed by atoms with Gasteiger partial charge in [0.05, 0.1) is 6.42 Å². The third-order valence-electron chi connectivity index (χ3n) is 2.33. The summed E-state index contributed by atoms with van der Waals surface area (Å²) in [6, 6.07) is 3.82. The summed E-state index contributed by atoms with van der Waals surface area (Å²) in [6.45, 7) is 5.29. The number of carboxylic acids is 1. The predicted octanol–water partition coefficient (Wildman–Crippen LogP) is 2.48. The second kappa shape index (κ2) is 6.36. The van der Waals surface area contributed by atoms with Gasteiger partial charge < -0.3 is 15.2 Å². The first-order valence-electron chi connectivity index (χ1n) is 6.13. The summed E-state index contributed by atoms with van der Waals surface area (Å²) >= 11 is 0. The highest BCUT2D eigenvalue weighted by Crippen LogP contribution is 2.13. The van der Waals surface area contributed by atoms with Crippen LogP contribution < -0.4 is 5.32 Å². The summed E-state index contributed by atoms with van der Waals surface area (Å²) in [5.41, 5.74) is 0.254. The highest BCUT2D eigenvalue weighted by atomic mass is 19.1. The molecule has 1 amide bonds. The minimum atomic E-state index is -1.06. The Labute approximate surface area is 116 Å². The number of benzene rings is 1. The normalized spacial score (nSPS) is 11.0. The molecule has 0 bridgehead atoms. The fourth-order valence-electron chi connectivity index (χ4n) is 1.58. The average molecular weight is 283 g/mol. The lowest BCUT2D eigenvalue weighted by Crippen LogP contribution is -2.32. The van der Waals surface area contributed by atoms with Crippen LogP contribution in [-0.4, -0.2) is 22.8 Å². The van der Waals surface area contributed by atoms with Gasteiger partial charge in [0.1, 0.15) is 11.4 Å². The second-order valence-electron chi connectivity index (χ2n) is 5.34. The van der Waals surface area contributed by atoms with Crippen LogP contribution in [-0.2, 0) is 22.5 Å². The van der Waals surface area contributed by atoms with Gasteiger partial charge in [-0.15, -0.1) is 0 Å². The van der Waals surface area contributed by atoms with Crippen LogP contribution in [0.2, 0.25) is 0 Å². The van der Waals surface area contributed by atoms with Crippen LogP contribution in [0, 0.1) is 5.82 Å². The first kappa shape index (κ1) is 15.9. The number of carbonyl (C=O) groups excluding carboxylic acids is 1. The number of rotatable bonds is 4. The van der Waals surface area contributed by atoms with E-state index in [4.69, 9.17) is 9.84 Å². The van der Waals surface area contributed by atoms with Crippen LogP contribution >= 0.6 is 0 Å². The molecule has 0 aliphatic rings. The number of halogens is 1. The third kappa shape index (κ3) is 5.69. The minimum Gasteiger partial charge on any atom is -0.481 e. The Morgan fingerprint density at radius 1 is 1.30 bits per heavy atom. The van der Waals surface area contributed by atoms with Crippen molar-refractivity contribution in [1.29, 1.82) is 0 Å². The van der Waals surface area contributed by atoms with E-state index in [0.29, 0.717) is 11.1 Å². The molecule has 6 heteroatoms. The van der Waals surface area contributed by atoms with Crippen LogP contribution in [0.4, 0.5) is 9.18 Å². The first-order chi connectivity index (χ1) is 9.17. The topological polar surface area (TPSA) is 75.6 Å². The standard InChI is InChI=1S/C14H18FNO4/c1-14(2,3)20-13(19)16-8-9-4-5-11(15)6-10(9)7-12(17)18/h4-6H,7-8H2,1-3H3,(H,16,19)(H,17,18). The summed E-state index contributed by atoms with van der Waals surface area (Å²) < 4.78 is 18.2. The number of aliphatic carboxylic acids is 1. The van der Waals surface area contributed by atoms with Gasteiger partial charge in [-0.1, -0.05) is 6.07 Å². The molecule has 0 aliphatic heterocycles. The van der Waals surface area contributed by atoms with Crippen LogP contribution in [0.3, 0.4) is 0 Å². The van der Waals surface area contributed by atoms with Crippen molar-refractivity contribution in [3.8, 4) is 0 Å². The molecule has 0 unspecified atom stereocenters. The van der Waals surface area contributed by atoms with Crippen molar-refractivity contribution in [2.45, 2.75) is 39.3 Å². The second-order valence-corrected chi connectivity index (χ2v) is 5.34. The number of alkyl carbamates (subject to hydrolysis) is 1. The summed E-state index contributed by atoms with van der Waals surface area (Å²) in [7, 11) is 0. The lowest BCUT2D eigenvalue weighted by molar-refractivity contribution is -0.136. The van der Waals surface area contributed by atoms with Gasteiger partial charge in [-0.3, -0.25) is 4.79 Å². The van der Waals surface area contributed by atoms with E-state index in [2.05, 4.69) is 5.32 Å². The van der Waals surface area contributed by atoms with Crippen LogP contribution in [0.25, 0.3) is 0 Å². The maximum Gasteiger partial charge on any atom is 0.407 e. The Morgan fingerprint density at radius 2 is 1.95 bits per heavy atom. The van der Waals surface area contributed by atoms with Gasteiger partial charge in [0.15, 0.2) is 0 Å². The Morgan fingerprint density at radius 3 is 2.50 bits per heavy atom. The summed E-state index contributed by atoms with van der Waals surface area (Å²) in [5, 5.41) is 11.3. The number of carbonyl (C=O) groups is 2. The average Bonchev–Trinajstić information content (AvgIpc) is 2.24. The van der Waals surface area contributed by atoms with Crippen LogP contribution in [0.5, 0.6) is 0 Å². The maximum atomic E-state index is 13.1. The molecule has 1 aromatic carbocycles. The molecule has 0 fully saturated rings. The van der Waals surface area contributed by atoms with Crippen molar-refractivity contribution in [2.24, 2.45) is 0 Å². The Balaban J connectivity index is 2.72. The number of nitrogens with one attached hydrogen (secondary N) is 1. The molecule has 0 saturated carbocycles. The highest BCUT2D eigenvalue weighted by Gasteiger charge is 2.16. The first-order valence-corrected chi connectivity index (χ1v) is 6.13. The van der Waals surface area contributed by atoms with Gasteiger partial charge in [0, 0.05) is 6.54 Å². The number of hydrogen-bond acceptors (Lipinski definition) is 3. The van der Waals surface area contributed by atoms with E-state index in [0.717, 1.165) is 6.07 Å². The van der Waals surface area contributed by atoms with E-state index in [1.807, 2.05) is 0 Å². The van der Waals surface area contributed by atoms with Crippen molar-refractivity contribution < 1.29 is 23.8 Å². The van der Waals surface area contributed by atoms with Gasteiger partial charge in [-0.2, -0.15) is 0 Å². The zero-order valence-electron chi connectivity index (χ0n) is 11.7. The minimum absolute atomic E-state index is 0.0812. The molecule has 110 valence electrons. The van der Waals surface area contributed by atoms with Gasteiger partial charge in [0.25, 0.3) is 0 Å². The van der Waals surface area contributed by atoms with E-state index < -0.39 is 23.5 Å². The van der Waals surface area contributed by atoms with E-state index in [9.17, 15) is 14.0 Å². The smallest absolute Gasteiger partial charge is 0.407 e. The van der Waals surface area contributed by atoms with E-state index in [1.165, 1.54) is 12.1 Å². The maximum absolute atomic E-state index is 13.1. The number of carboxylic acid groups (broad SMARTS) is 1. The highest BCUT2D eigenvalue weighted by molar-refractivity contribution is 5.71. The van der Waals surface area contributed by atoms with Gasteiger partial charge in [-0.05, 0) is 44.0 Å². The van der Waals surface area contributed by atoms with Crippen molar-refractivity contribution in [3.63, 3.8) is 0 Å². The Kier molecular flexibility index (Phi) is 5.07. The zero-order valence-corrected chi connectivity index (χ0v) is 11.7. The van der Waals surface area contributed by atoms with Crippen molar-refractivity contribution in [1.82, 2.24) is 5.32 Å². The molecule has 0 radical (unpaired) electrons. The molecule has 0 atom stereocenters. The molecule has 0 heterocycles. The quantitative estimate of drug-likeness (QED) is 0.890. The predicted molar refractivity (Wildman–Crippen MR) is 70.8 cm³/mol. The van der Waals surface area contributed by atoms with Crippen molar-refractivity contribution in [3.05, 3.63) is 35.1 Å². The number of hydrogen-bond donors (Lipinski definition) is 2. The number of amides is 1. The largest absolute Gasteiger partial charge is 0.481 e. The van der Waals surface area contributed by atoms with Gasteiger partial charge >= 0.3 is 12.1 Å². The lowest BCUT2D eigenvalue weighted by atomic mass is 10.0. The molecule has 2 N–H and O–H groups in total. The molecular weight excluding hydrogens is 265 g/mol. The SMILES string of the molecule is CC(C)(C)OC(=O)NCc1ccc(F)cc1CC(=O)O. The molecular formula is C14H18FNO4. The summed E-state index contributed by atoms with van der Waals surface area (Å²) in [4.78, 5) is 22.2. The van der Waals surface area contributed by atoms with E-state index in [-0.39, 0.29) is 13.0 Å². The fraction of sp³-hybridized carbons (Fsp3) is 0.429. The Bertz CT molecular complexity index is 508. The van der Waals surface area contributed by atoms with E-state index in [1.54, 1.807) is 20.8 Å².